The van der Waals surface area contributed by atoms with Gasteiger partial charge in [0.05, 0.1) is 31.2 Å². The maximum absolute atomic E-state index is 13.1. The van der Waals surface area contributed by atoms with Gasteiger partial charge in [-0.05, 0) is 29.8 Å². The quantitative estimate of drug-likeness (QED) is 0.385. The van der Waals surface area contributed by atoms with Crippen molar-refractivity contribution in [3.63, 3.8) is 0 Å². The summed E-state index contributed by atoms with van der Waals surface area (Å²) >= 11 is 0. The fourth-order valence-corrected chi connectivity index (χ4v) is 5.49. The molecule has 0 aliphatic carbocycles. The van der Waals surface area contributed by atoms with Crippen molar-refractivity contribution in [3.05, 3.63) is 81.9 Å². The highest BCUT2D eigenvalue weighted by Crippen LogP contribution is 2.31. The first-order valence-corrected chi connectivity index (χ1v) is 13.3. The van der Waals surface area contributed by atoms with Gasteiger partial charge in [0.1, 0.15) is 18.6 Å². The monoisotopic (exact) mass is 568 g/mol. The number of alkyl halides is 3. The SMILES string of the molecule is COc1ccc(S(=O)(=O)N2CCN(Cc3cc(=O)c(OCc4ccc(C(F)(F)F)cc4)co3)CC2)cc1OC. The lowest BCUT2D eigenvalue weighted by molar-refractivity contribution is -0.137. The second-order valence-electron chi connectivity index (χ2n) is 8.76. The minimum atomic E-state index is -4.43. The summed E-state index contributed by atoms with van der Waals surface area (Å²) in [7, 11) is -0.838. The maximum Gasteiger partial charge on any atom is 0.416 e. The largest absolute Gasteiger partial charge is 0.493 e. The Hall–Kier alpha value is -3.55. The fraction of sp³-hybridized carbons (Fsp3) is 0.346. The lowest BCUT2D eigenvalue weighted by Crippen LogP contribution is -2.48. The van der Waals surface area contributed by atoms with E-state index in [0.717, 1.165) is 12.1 Å². The van der Waals surface area contributed by atoms with Crippen molar-refractivity contribution in [2.75, 3.05) is 40.4 Å². The van der Waals surface area contributed by atoms with Gasteiger partial charge in [0, 0.05) is 38.3 Å². The number of sulfonamides is 1. The van der Waals surface area contributed by atoms with Crippen LogP contribution in [-0.2, 0) is 29.4 Å². The lowest BCUT2D eigenvalue weighted by Gasteiger charge is -2.33. The number of hydrogen-bond acceptors (Lipinski definition) is 8. The predicted molar refractivity (Wildman–Crippen MR) is 134 cm³/mol. The van der Waals surface area contributed by atoms with Gasteiger partial charge in [-0.1, -0.05) is 12.1 Å². The van der Waals surface area contributed by atoms with E-state index in [1.165, 1.54) is 55.1 Å². The summed E-state index contributed by atoms with van der Waals surface area (Å²) in [5, 5.41) is 0. The first-order valence-electron chi connectivity index (χ1n) is 11.9. The summed E-state index contributed by atoms with van der Waals surface area (Å²) in [6.07, 6.45) is -3.26. The highest BCUT2D eigenvalue weighted by atomic mass is 32.2. The Bertz CT molecular complexity index is 1450. The summed E-state index contributed by atoms with van der Waals surface area (Å²) in [6, 6.07) is 10.2. The minimum absolute atomic E-state index is 0.0653. The van der Waals surface area contributed by atoms with Gasteiger partial charge in [0.15, 0.2) is 11.5 Å². The van der Waals surface area contributed by atoms with E-state index in [1.807, 2.05) is 4.90 Å². The van der Waals surface area contributed by atoms with Crippen molar-refractivity contribution in [3.8, 4) is 17.2 Å². The van der Waals surface area contributed by atoms with Crippen LogP contribution in [0.15, 0.2) is 68.9 Å². The first-order chi connectivity index (χ1) is 18.5. The fourth-order valence-electron chi connectivity index (χ4n) is 4.05. The van der Waals surface area contributed by atoms with Gasteiger partial charge >= 0.3 is 6.18 Å². The molecule has 0 radical (unpaired) electrons. The molecule has 1 aliphatic heterocycles. The average molecular weight is 569 g/mol. The van der Waals surface area contributed by atoms with Crippen LogP contribution in [0.2, 0.25) is 0 Å². The molecule has 9 nitrogen and oxygen atoms in total. The Morgan fingerprint density at radius 2 is 1.56 bits per heavy atom. The molecule has 0 unspecified atom stereocenters. The highest BCUT2D eigenvalue weighted by molar-refractivity contribution is 7.89. The lowest BCUT2D eigenvalue weighted by atomic mass is 10.1. The Kier molecular flexibility index (Phi) is 8.52. The molecule has 1 fully saturated rings. The van der Waals surface area contributed by atoms with E-state index in [9.17, 15) is 26.4 Å². The van der Waals surface area contributed by atoms with Crippen LogP contribution in [0.4, 0.5) is 13.2 Å². The molecule has 0 bridgehead atoms. The van der Waals surface area contributed by atoms with Crippen LogP contribution < -0.4 is 19.6 Å². The topological polar surface area (TPSA) is 98.5 Å². The second kappa shape index (κ2) is 11.7. The van der Waals surface area contributed by atoms with Gasteiger partial charge in [-0.15, -0.1) is 0 Å². The first kappa shape index (κ1) is 28.5. The number of rotatable bonds is 9. The van der Waals surface area contributed by atoms with Gasteiger partial charge in [-0.25, -0.2) is 8.42 Å². The van der Waals surface area contributed by atoms with Gasteiger partial charge in [-0.3, -0.25) is 9.69 Å². The van der Waals surface area contributed by atoms with Crippen molar-refractivity contribution >= 4 is 10.0 Å². The van der Waals surface area contributed by atoms with E-state index in [2.05, 4.69) is 0 Å². The molecule has 0 spiro atoms. The smallest absolute Gasteiger partial charge is 0.416 e. The second-order valence-corrected chi connectivity index (χ2v) is 10.7. The summed E-state index contributed by atoms with van der Waals surface area (Å²) in [5.74, 6) is 1.06. The number of halogens is 3. The van der Waals surface area contributed by atoms with Crippen LogP contribution in [-0.4, -0.2) is 58.0 Å². The van der Waals surface area contributed by atoms with Gasteiger partial charge in [0.25, 0.3) is 0 Å². The summed E-state index contributed by atoms with van der Waals surface area (Å²) < 4.78 is 87.0. The standard InChI is InChI=1S/C26H27F3N2O7S/c1-35-23-8-7-21(14-24(23)36-2)39(33,34)31-11-9-30(10-12-31)15-20-13-22(32)25(17-37-20)38-16-18-3-5-19(6-4-18)26(27,28)29/h3-8,13-14,17H,9-12,15-16H2,1-2H3. The van der Waals surface area contributed by atoms with Crippen molar-refractivity contribution in [1.29, 1.82) is 0 Å². The highest BCUT2D eigenvalue weighted by Gasteiger charge is 2.31. The van der Waals surface area contributed by atoms with Crippen molar-refractivity contribution < 1.29 is 40.2 Å². The molecule has 2 aromatic carbocycles. The molecule has 0 N–H and O–H groups in total. The van der Waals surface area contributed by atoms with E-state index >= 15 is 0 Å². The van der Waals surface area contributed by atoms with Gasteiger partial charge < -0.3 is 18.6 Å². The predicted octanol–water partition coefficient (Wildman–Crippen LogP) is 3.76. The van der Waals surface area contributed by atoms with Crippen LogP contribution in [0, 0.1) is 0 Å². The molecule has 1 aliphatic rings. The number of piperazine rings is 1. The number of hydrogen-bond donors (Lipinski definition) is 0. The van der Waals surface area contributed by atoms with Crippen LogP contribution in [0.3, 0.4) is 0 Å². The van der Waals surface area contributed by atoms with Crippen molar-refractivity contribution in [2.24, 2.45) is 0 Å². The summed E-state index contributed by atoms with van der Waals surface area (Å²) in [5.41, 5.74) is -0.736. The van der Waals surface area contributed by atoms with Crippen molar-refractivity contribution in [2.45, 2.75) is 24.2 Å². The maximum atomic E-state index is 13.1. The van der Waals surface area contributed by atoms with Gasteiger partial charge in [-0.2, -0.15) is 17.5 Å². The Morgan fingerprint density at radius 1 is 0.897 bits per heavy atom. The van der Waals surface area contributed by atoms with Crippen LogP contribution in [0.25, 0.3) is 0 Å². The molecular formula is C26H27F3N2O7S. The van der Waals surface area contributed by atoms with E-state index in [1.54, 1.807) is 6.07 Å². The normalized spacial score (nSPS) is 15.2. The zero-order chi connectivity index (χ0) is 28.2. The van der Waals surface area contributed by atoms with Crippen molar-refractivity contribution in [1.82, 2.24) is 9.21 Å². The molecule has 1 saturated heterocycles. The molecule has 210 valence electrons. The zero-order valence-corrected chi connectivity index (χ0v) is 22.0. The molecular weight excluding hydrogens is 541 g/mol. The number of nitrogens with zero attached hydrogens (tertiary/aromatic N) is 2. The van der Waals surface area contributed by atoms with Crippen LogP contribution >= 0.6 is 0 Å². The summed E-state index contributed by atoms with van der Waals surface area (Å²) in [6.45, 7) is 1.52. The third-order valence-electron chi connectivity index (χ3n) is 6.23. The molecule has 1 aromatic heterocycles. The number of methoxy groups -OCH3 is 2. The van der Waals surface area contributed by atoms with Crippen LogP contribution in [0.5, 0.6) is 17.2 Å². The van der Waals surface area contributed by atoms with Gasteiger partial charge in [0.2, 0.25) is 21.2 Å². The third kappa shape index (κ3) is 6.72. The molecule has 3 aromatic rings. The molecule has 0 amide bonds. The van der Waals surface area contributed by atoms with E-state index in [-0.39, 0.29) is 30.3 Å². The van der Waals surface area contributed by atoms with E-state index in [0.29, 0.717) is 42.5 Å². The molecule has 0 atom stereocenters. The Labute approximate surface area is 223 Å². The average Bonchev–Trinajstić information content (AvgIpc) is 2.92. The molecule has 39 heavy (non-hydrogen) atoms. The molecule has 2 heterocycles. The third-order valence-corrected chi connectivity index (χ3v) is 8.13. The summed E-state index contributed by atoms with van der Waals surface area (Å²) in [4.78, 5) is 14.5. The van der Waals surface area contributed by atoms with E-state index in [4.69, 9.17) is 18.6 Å². The minimum Gasteiger partial charge on any atom is -0.493 e. The Balaban J connectivity index is 1.32. The Morgan fingerprint density at radius 3 is 2.15 bits per heavy atom. The molecule has 0 saturated carbocycles. The number of benzene rings is 2. The zero-order valence-electron chi connectivity index (χ0n) is 21.2. The van der Waals surface area contributed by atoms with E-state index < -0.39 is 27.2 Å². The number of ether oxygens (including phenoxy) is 3. The van der Waals surface area contributed by atoms with Crippen LogP contribution in [0.1, 0.15) is 16.9 Å². The molecule has 13 heteroatoms. The molecule has 4 rings (SSSR count).